The van der Waals surface area contributed by atoms with E-state index >= 15 is 0 Å². The van der Waals surface area contributed by atoms with Crippen molar-refractivity contribution in [2.24, 2.45) is 0 Å². The number of rotatable bonds is 20. The molecule has 1 heterocycles. The zero-order valence-electron chi connectivity index (χ0n) is 26.1. The van der Waals surface area contributed by atoms with E-state index in [-0.39, 0.29) is 18.9 Å². The summed E-state index contributed by atoms with van der Waals surface area (Å²) < 4.78 is 16.6. The molecule has 1 fully saturated rings. The van der Waals surface area contributed by atoms with Gasteiger partial charge < -0.3 is 50.2 Å². The second kappa shape index (κ2) is 19.8. The Morgan fingerprint density at radius 1 is 0.822 bits per heavy atom. The third-order valence-corrected chi connectivity index (χ3v) is 8.06. The largest absolute Gasteiger partial charge is 0.457 e. The van der Waals surface area contributed by atoms with Crippen LogP contribution in [0.2, 0.25) is 0 Å². The van der Waals surface area contributed by atoms with Crippen LogP contribution in [-0.2, 0) is 20.7 Å². The van der Waals surface area contributed by atoms with Crippen LogP contribution in [0.1, 0.15) is 70.3 Å². The van der Waals surface area contributed by atoms with Crippen molar-refractivity contribution in [1.82, 2.24) is 5.32 Å². The van der Waals surface area contributed by atoms with E-state index in [0.29, 0.717) is 6.42 Å². The van der Waals surface area contributed by atoms with E-state index in [2.05, 4.69) is 17.4 Å². The fourth-order valence-corrected chi connectivity index (χ4v) is 5.27. The van der Waals surface area contributed by atoms with Gasteiger partial charge in [-0.25, -0.2) is 0 Å². The number of unbranched alkanes of at least 4 members (excludes halogenated alkanes) is 7. The summed E-state index contributed by atoms with van der Waals surface area (Å²) in [5.41, 5.74) is 1.30. The van der Waals surface area contributed by atoms with Gasteiger partial charge in [0.05, 0.1) is 25.4 Å². The Morgan fingerprint density at radius 3 is 2.04 bits per heavy atom. The Labute approximate surface area is 265 Å². The van der Waals surface area contributed by atoms with Gasteiger partial charge in [-0.1, -0.05) is 68.9 Å². The van der Waals surface area contributed by atoms with E-state index in [9.17, 15) is 35.4 Å². The molecule has 0 aromatic heterocycles. The van der Waals surface area contributed by atoms with Crippen molar-refractivity contribution in [2.75, 3.05) is 13.2 Å². The first kappa shape index (κ1) is 36.9. The normalized spacial score (nSPS) is 23.7. The molecule has 0 bridgehead atoms. The number of carbonyl (C=O) groups excluding carboxylic acids is 1. The highest BCUT2D eigenvalue weighted by Gasteiger charge is 2.44. The minimum Gasteiger partial charge on any atom is -0.457 e. The second-order valence-corrected chi connectivity index (χ2v) is 11.8. The van der Waals surface area contributed by atoms with Crippen LogP contribution < -0.4 is 10.1 Å². The maximum atomic E-state index is 12.6. The van der Waals surface area contributed by atoms with E-state index in [0.717, 1.165) is 50.0 Å². The number of carbonyl (C=O) groups is 1. The van der Waals surface area contributed by atoms with Gasteiger partial charge in [-0.15, -0.1) is 0 Å². The van der Waals surface area contributed by atoms with Crippen LogP contribution in [0.25, 0.3) is 0 Å². The summed E-state index contributed by atoms with van der Waals surface area (Å²) in [7, 11) is 0. The third kappa shape index (κ3) is 12.6. The van der Waals surface area contributed by atoms with E-state index in [1.165, 1.54) is 25.3 Å². The molecule has 252 valence electrons. The average molecular weight is 634 g/mol. The Hall–Kier alpha value is -2.61. The maximum Gasteiger partial charge on any atom is 0.220 e. The van der Waals surface area contributed by atoms with Crippen LogP contribution in [0, 0.1) is 0 Å². The smallest absolute Gasteiger partial charge is 0.220 e. The first-order valence-electron chi connectivity index (χ1n) is 16.1. The van der Waals surface area contributed by atoms with Crippen LogP contribution in [0.4, 0.5) is 0 Å². The van der Waals surface area contributed by atoms with E-state index in [1.54, 1.807) is 0 Å². The Morgan fingerprint density at radius 2 is 1.42 bits per heavy atom. The summed E-state index contributed by atoms with van der Waals surface area (Å²) >= 11 is 0. The number of para-hydroxylation sites is 1. The Kier molecular flexibility index (Phi) is 16.2. The molecule has 45 heavy (non-hydrogen) atoms. The van der Waals surface area contributed by atoms with Gasteiger partial charge in [0, 0.05) is 6.42 Å². The molecule has 2 aromatic rings. The first-order chi connectivity index (χ1) is 21.7. The van der Waals surface area contributed by atoms with Crippen LogP contribution in [-0.4, -0.2) is 98.7 Å². The predicted molar refractivity (Wildman–Crippen MR) is 168 cm³/mol. The molecular weight excluding hydrogens is 582 g/mol. The maximum absolute atomic E-state index is 12.6. The lowest BCUT2D eigenvalue weighted by Gasteiger charge is -2.40. The van der Waals surface area contributed by atoms with Crippen molar-refractivity contribution >= 4 is 5.91 Å². The molecule has 1 aliphatic rings. The number of nitrogens with one attached hydrogen (secondary N) is 1. The van der Waals surface area contributed by atoms with Crippen LogP contribution >= 0.6 is 0 Å². The van der Waals surface area contributed by atoms with Crippen molar-refractivity contribution < 1.29 is 49.6 Å². The minimum atomic E-state index is -1.61. The number of benzene rings is 2. The topological polar surface area (TPSA) is 178 Å². The summed E-state index contributed by atoms with van der Waals surface area (Å²) in [6.07, 6.45) is -0.215. The van der Waals surface area contributed by atoms with Crippen molar-refractivity contribution in [2.45, 2.75) is 120 Å². The van der Waals surface area contributed by atoms with Gasteiger partial charge in [0.15, 0.2) is 6.29 Å². The predicted octanol–water partition coefficient (Wildman–Crippen LogP) is 2.58. The monoisotopic (exact) mass is 633 g/mol. The van der Waals surface area contributed by atoms with Crippen LogP contribution in [0.3, 0.4) is 0 Å². The molecule has 3 rings (SSSR count). The molecule has 8 atom stereocenters. The van der Waals surface area contributed by atoms with E-state index in [4.69, 9.17) is 14.2 Å². The highest BCUT2D eigenvalue weighted by atomic mass is 16.7. The SMILES string of the molecule is C[C@@H](O)[C@@H](O)[C@H](COC1OC(CO)C(O)C(O)C1O)NC(=O)CCCCCCCCCCc1ccc(Oc2ccccc2)cc1. The summed E-state index contributed by atoms with van der Waals surface area (Å²) in [6.45, 7) is 0.425. The van der Waals surface area contributed by atoms with Crippen molar-refractivity contribution in [3.63, 3.8) is 0 Å². The molecule has 5 unspecified atom stereocenters. The standard InChI is InChI=1S/C34H51NO10/c1-23(37)30(39)27(22-43-34-33(42)32(41)31(40)28(21-36)45-34)35-29(38)16-12-7-5-3-2-4-6-9-13-24-17-19-26(20-18-24)44-25-14-10-8-11-15-25/h8,10-11,14-15,17-20,23,27-28,30-34,36-37,39-42H,2-7,9,12-13,16,21-22H2,1H3,(H,35,38)/t23-,27+,28?,30-,31?,32?,33?,34?/m1/s1. The Bertz CT molecular complexity index is 1080. The molecule has 0 radical (unpaired) electrons. The van der Waals surface area contributed by atoms with Gasteiger partial charge >= 0.3 is 0 Å². The fraction of sp³-hybridized carbons (Fsp3) is 0.618. The quantitative estimate of drug-likeness (QED) is 0.107. The lowest BCUT2D eigenvalue weighted by molar-refractivity contribution is -0.303. The molecule has 0 aliphatic carbocycles. The zero-order valence-corrected chi connectivity index (χ0v) is 26.1. The highest BCUT2D eigenvalue weighted by Crippen LogP contribution is 2.23. The van der Waals surface area contributed by atoms with Gasteiger partial charge in [0.25, 0.3) is 0 Å². The van der Waals surface area contributed by atoms with Gasteiger partial charge in [-0.2, -0.15) is 0 Å². The molecule has 11 nitrogen and oxygen atoms in total. The molecular formula is C34H51NO10. The lowest BCUT2D eigenvalue weighted by atomic mass is 9.99. The van der Waals surface area contributed by atoms with Crippen molar-refractivity contribution in [3.8, 4) is 11.5 Å². The fourth-order valence-electron chi connectivity index (χ4n) is 5.27. The third-order valence-electron chi connectivity index (χ3n) is 8.06. The van der Waals surface area contributed by atoms with Gasteiger partial charge in [0.1, 0.15) is 42.0 Å². The average Bonchev–Trinajstić information content (AvgIpc) is 3.04. The summed E-state index contributed by atoms with van der Waals surface area (Å²) in [5, 5.41) is 62.3. The molecule has 11 heteroatoms. The molecule has 0 saturated carbocycles. The molecule has 1 aliphatic heterocycles. The second-order valence-electron chi connectivity index (χ2n) is 11.8. The highest BCUT2D eigenvalue weighted by molar-refractivity contribution is 5.76. The zero-order chi connectivity index (χ0) is 32.6. The van der Waals surface area contributed by atoms with E-state index < -0.39 is 55.6 Å². The number of hydrogen-bond donors (Lipinski definition) is 7. The summed E-state index contributed by atoms with van der Waals surface area (Å²) in [5.74, 6) is 1.35. The number of amides is 1. The Balaban J connectivity index is 1.25. The molecule has 1 amide bonds. The van der Waals surface area contributed by atoms with Crippen molar-refractivity contribution in [1.29, 1.82) is 0 Å². The number of ether oxygens (including phenoxy) is 3. The van der Waals surface area contributed by atoms with E-state index in [1.807, 2.05) is 42.5 Å². The first-order valence-corrected chi connectivity index (χ1v) is 16.1. The number of aliphatic hydroxyl groups is 6. The summed E-state index contributed by atoms with van der Waals surface area (Å²) in [6, 6.07) is 17.0. The number of aliphatic hydroxyl groups excluding tert-OH is 6. The van der Waals surface area contributed by atoms with Crippen molar-refractivity contribution in [3.05, 3.63) is 60.2 Å². The van der Waals surface area contributed by atoms with Gasteiger partial charge in [0.2, 0.25) is 5.91 Å². The van der Waals surface area contributed by atoms with Crippen LogP contribution in [0.15, 0.2) is 54.6 Å². The lowest BCUT2D eigenvalue weighted by Crippen LogP contribution is -2.60. The molecule has 7 N–H and O–H groups in total. The minimum absolute atomic E-state index is 0.248. The van der Waals surface area contributed by atoms with Gasteiger partial charge in [-0.05, 0) is 56.0 Å². The number of aryl methyl sites for hydroxylation is 1. The molecule has 2 aromatic carbocycles. The number of hydrogen-bond acceptors (Lipinski definition) is 10. The van der Waals surface area contributed by atoms with Gasteiger partial charge in [-0.3, -0.25) is 4.79 Å². The molecule has 0 spiro atoms. The molecule has 1 saturated heterocycles. The van der Waals surface area contributed by atoms with Crippen LogP contribution in [0.5, 0.6) is 11.5 Å². The summed E-state index contributed by atoms with van der Waals surface area (Å²) in [4.78, 5) is 12.6.